The van der Waals surface area contributed by atoms with Gasteiger partial charge in [0.05, 0.1) is 34.9 Å². The van der Waals surface area contributed by atoms with Crippen LogP contribution in [-0.4, -0.2) is 61.2 Å². The highest BCUT2D eigenvalue weighted by molar-refractivity contribution is 5.73. The number of halogens is 2. The van der Waals surface area contributed by atoms with Crippen LogP contribution >= 0.6 is 0 Å². The largest absolute Gasteiger partial charge is 0.396 e. The van der Waals surface area contributed by atoms with E-state index in [0.717, 1.165) is 17.7 Å². The van der Waals surface area contributed by atoms with Crippen LogP contribution in [0.4, 0.5) is 20.4 Å². The normalized spacial score (nSPS) is 21.0. The Kier molecular flexibility index (Phi) is 7.77. The molecule has 1 fully saturated rings. The monoisotopic (exact) mass is 549 g/mol. The molecule has 4 N–H and O–H groups in total. The van der Waals surface area contributed by atoms with Gasteiger partial charge in [0, 0.05) is 38.9 Å². The number of anilines is 2. The summed E-state index contributed by atoms with van der Waals surface area (Å²) in [7, 11) is 1.80. The summed E-state index contributed by atoms with van der Waals surface area (Å²) >= 11 is 0. The number of nitrogens with zero attached hydrogens (tertiary/aromatic N) is 5. The number of hydrogen-bond acceptors (Lipinski definition) is 7. The van der Waals surface area contributed by atoms with E-state index in [9.17, 15) is 13.6 Å². The predicted octanol–water partition coefficient (Wildman–Crippen LogP) is 4.04. The third-order valence-electron chi connectivity index (χ3n) is 7.86. The molecule has 1 aliphatic carbocycles. The van der Waals surface area contributed by atoms with Gasteiger partial charge in [-0.2, -0.15) is 9.61 Å². The predicted molar refractivity (Wildman–Crippen MR) is 148 cm³/mol. The highest BCUT2D eigenvalue weighted by atomic mass is 19.1. The zero-order chi connectivity index (χ0) is 28.6. The van der Waals surface area contributed by atoms with Crippen LogP contribution in [-0.2, 0) is 11.2 Å². The molecule has 0 spiro atoms. The van der Waals surface area contributed by atoms with Gasteiger partial charge in [-0.05, 0) is 72.6 Å². The lowest BCUT2D eigenvalue weighted by atomic mass is 9.73. The Hall–Kier alpha value is -3.96. The Morgan fingerprint density at radius 2 is 1.95 bits per heavy atom. The van der Waals surface area contributed by atoms with Crippen LogP contribution < -0.4 is 11.1 Å². The maximum Gasteiger partial charge on any atom is 0.229 e. The first-order valence-corrected chi connectivity index (χ1v) is 13.3. The van der Waals surface area contributed by atoms with Crippen molar-refractivity contribution in [2.24, 2.45) is 11.7 Å². The Bertz CT molecular complexity index is 1510. The second-order valence-corrected chi connectivity index (χ2v) is 10.6. The van der Waals surface area contributed by atoms with Crippen molar-refractivity contribution in [3.63, 3.8) is 0 Å². The number of benzene rings is 1. The number of rotatable bonds is 7. The Labute approximate surface area is 231 Å². The summed E-state index contributed by atoms with van der Waals surface area (Å²) in [5, 5.41) is 16.9. The number of carbonyl (C=O) groups excluding carboxylic acids is 1. The maximum absolute atomic E-state index is 14.9. The highest BCUT2D eigenvalue weighted by Crippen LogP contribution is 2.40. The highest BCUT2D eigenvalue weighted by Gasteiger charge is 2.38. The van der Waals surface area contributed by atoms with Gasteiger partial charge in [-0.3, -0.25) is 9.78 Å². The minimum absolute atomic E-state index is 0.00376. The first-order valence-electron chi connectivity index (χ1n) is 13.3. The molecular weight excluding hydrogens is 516 g/mol. The number of aliphatic hydroxyl groups is 1. The molecule has 1 aliphatic rings. The van der Waals surface area contributed by atoms with E-state index in [4.69, 9.17) is 10.8 Å². The third kappa shape index (κ3) is 5.26. The molecule has 3 aromatic heterocycles. The van der Waals surface area contributed by atoms with Crippen LogP contribution in [0.25, 0.3) is 16.8 Å². The van der Waals surface area contributed by atoms with E-state index in [2.05, 4.69) is 27.3 Å². The fourth-order valence-corrected chi connectivity index (χ4v) is 5.94. The molecule has 4 atom stereocenters. The number of imidazole rings is 1. The van der Waals surface area contributed by atoms with Gasteiger partial charge in [-0.15, -0.1) is 0 Å². The summed E-state index contributed by atoms with van der Waals surface area (Å²) < 4.78 is 31.3. The van der Waals surface area contributed by atoms with Gasteiger partial charge in [0.25, 0.3) is 0 Å². The van der Waals surface area contributed by atoms with E-state index in [-0.39, 0.29) is 54.1 Å². The fourth-order valence-electron chi connectivity index (χ4n) is 5.94. The smallest absolute Gasteiger partial charge is 0.229 e. The molecule has 1 aromatic carbocycles. The average Bonchev–Trinajstić information content (AvgIpc) is 3.30. The number of fused-ring (bicyclic) bond motifs is 1. The molecule has 0 unspecified atom stereocenters. The van der Waals surface area contributed by atoms with Gasteiger partial charge in [-0.1, -0.05) is 6.92 Å². The van der Waals surface area contributed by atoms with E-state index in [1.165, 1.54) is 16.6 Å². The maximum atomic E-state index is 14.9. The van der Waals surface area contributed by atoms with Crippen LogP contribution in [0.15, 0.2) is 48.9 Å². The number of hydrogen-bond donors (Lipinski definition) is 3. The van der Waals surface area contributed by atoms with Crippen LogP contribution in [0.1, 0.15) is 43.7 Å². The summed E-state index contributed by atoms with van der Waals surface area (Å²) in [6.07, 6.45) is 6.75. The summed E-state index contributed by atoms with van der Waals surface area (Å²) in [6, 6.07) is 7.39. The van der Waals surface area contributed by atoms with Crippen molar-refractivity contribution in [3.05, 3.63) is 71.7 Å². The first-order chi connectivity index (χ1) is 19.2. The number of amides is 1. The molecule has 5 rings (SSSR count). The number of carbonyl (C=O) groups is 1. The standard InChI is InChI=1S/C29H33F2N7O2/c1-16-10-19(13-24(32)28(16)37(3)17(2)40)21-6-8-33-15-26(21)35-29-34-14-20-4-5-25(36-38(20)29)27-22(30)11-18(7-9-39)12-23(27)31/h4-6,8,11-12,14-16,19,24,28,39H,7,9-10,13,32H2,1-3H3,(H,34,35)/t16-,19+,24+,28-/m0/s1. The lowest BCUT2D eigenvalue weighted by molar-refractivity contribution is -0.131. The third-order valence-corrected chi connectivity index (χ3v) is 7.86. The Balaban J connectivity index is 1.45. The topological polar surface area (TPSA) is 122 Å². The minimum Gasteiger partial charge on any atom is -0.396 e. The molecule has 0 saturated heterocycles. The average molecular weight is 550 g/mol. The molecule has 40 heavy (non-hydrogen) atoms. The van der Waals surface area contributed by atoms with Crippen molar-refractivity contribution in [3.8, 4) is 11.3 Å². The van der Waals surface area contributed by atoms with Crippen LogP contribution in [0.3, 0.4) is 0 Å². The molecule has 210 valence electrons. The number of nitrogens with one attached hydrogen (secondary N) is 1. The fraction of sp³-hybridized carbons (Fsp3) is 0.379. The van der Waals surface area contributed by atoms with Crippen molar-refractivity contribution in [1.82, 2.24) is 24.5 Å². The number of likely N-dealkylation sites (N-methyl/N-ethyl adjacent to an activating group) is 1. The Morgan fingerprint density at radius 3 is 2.62 bits per heavy atom. The molecule has 0 bridgehead atoms. The van der Waals surface area contributed by atoms with E-state index < -0.39 is 11.6 Å². The SMILES string of the molecule is CC(=O)N(C)[C@@H]1[C@H](N)C[C@H](c2ccncc2Nc2ncc3ccc(-c4c(F)cc(CCO)cc4F)nn23)C[C@@H]1C. The molecule has 9 nitrogen and oxygen atoms in total. The van der Waals surface area contributed by atoms with Crippen LogP contribution in [0, 0.1) is 17.6 Å². The van der Waals surface area contributed by atoms with Crippen LogP contribution in [0.2, 0.25) is 0 Å². The van der Waals surface area contributed by atoms with Gasteiger partial charge in [0.2, 0.25) is 11.9 Å². The van der Waals surface area contributed by atoms with E-state index in [1.54, 1.807) is 49.6 Å². The van der Waals surface area contributed by atoms with E-state index in [1.807, 2.05) is 6.07 Å². The first kappa shape index (κ1) is 27.6. The zero-order valence-electron chi connectivity index (χ0n) is 22.7. The summed E-state index contributed by atoms with van der Waals surface area (Å²) in [6.45, 7) is 3.47. The molecular formula is C29H33F2N7O2. The Morgan fingerprint density at radius 1 is 1.20 bits per heavy atom. The van der Waals surface area contributed by atoms with Gasteiger partial charge >= 0.3 is 0 Å². The zero-order valence-corrected chi connectivity index (χ0v) is 22.7. The molecule has 4 aromatic rings. The summed E-state index contributed by atoms with van der Waals surface area (Å²) in [5.74, 6) is -0.829. The van der Waals surface area contributed by atoms with Crippen LogP contribution in [0.5, 0.6) is 0 Å². The van der Waals surface area contributed by atoms with Crippen molar-refractivity contribution in [1.29, 1.82) is 0 Å². The molecule has 1 saturated carbocycles. The number of pyridine rings is 1. The van der Waals surface area contributed by atoms with Gasteiger partial charge < -0.3 is 21.1 Å². The molecule has 1 amide bonds. The summed E-state index contributed by atoms with van der Waals surface area (Å²) in [5.41, 5.74) is 9.20. The van der Waals surface area contributed by atoms with Crippen molar-refractivity contribution >= 4 is 23.1 Å². The number of nitrogens with two attached hydrogens (primary N) is 1. The second kappa shape index (κ2) is 11.3. The van der Waals surface area contributed by atoms with Crippen molar-refractivity contribution in [2.75, 3.05) is 19.0 Å². The number of aliphatic hydroxyl groups excluding tert-OH is 1. The number of aromatic nitrogens is 4. The lowest BCUT2D eigenvalue weighted by Crippen LogP contribution is -2.54. The van der Waals surface area contributed by atoms with Crippen molar-refractivity contribution < 1.29 is 18.7 Å². The van der Waals surface area contributed by atoms with Gasteiger partial charge in [-0.25, -0.2) is 13.8 Å². The quantitative estimate of drug-likeness (QED) is 0.318. The van der Waals surface area contributed by atoms with E-state index in [0.29, 0.717) is 23.4 Å². The van der Waals surface area contributed by atoms with Gasteiger partial charge in [0.15, 0.2) is 0 Å². The minimum atomic E-state index is -0.754. The molecule has 0 radical (unpaired) electrons. The lowest BCUT2D eigenvalue weighted by Gasteiger charge is -2.43. The van der Waals surface area contributed by atoms with E-state index >= 15 is 0 Å². The molecule has 3 heterocycles. The van der Waals surface area contributed by atoms with Crippen molar-refractivity contribution in [2.45, 2.75) is 51.1 Å². The second-order valence-electron chi connectivity index (χ2n) is 10.6. The van der Waals surface area contributed by atoms with Gasteiger partial charge in [0.1, 0.15) is 11.6 Å². The molecule has 0 aliphatic heterocycles. The summed E-state index contributed by atoms with van der Waals surface area (Å²) in [4.78, 5) is 22.5. The molecule has 11 heteroatoms.